The minimum atomic E-state index is -0.408. The van der Waals surface area contributed by atoms with E-state index < -0.39 is 6.10 Å². The second-order valence-electron chi connectivity index (χ2n) is 5.72. The van der Waals surface area contributed by atoms with Gasteiger partial charge < -0.3 is 5.11 Å². The van der Waals surface area contributed by atoms with Crippen LogP contribution in [0.2, 0.25) is 0 Å². The van der Waals surface area contributed by atoms with E-state index in [0.29, 0.717) is 0 Å². The Hall–Kier alpha value is -1.86. The highest BCUT2D eigenvalue weighted by molar-refractivity contribution is 5.60. The molecule has 3 rings (SSSR count). The summed E-state index contributed by atoms with van der Waals surface area (Å²) in [4.78, 5) is 0. The first-order chi connectivity index (χ1) is 9.65. The molecule has 0 saturated carbocycles. The van der Waals surface area contributed by atoms with Gasteiger partial charge in [0.25, 0.3) is 0 Å². The van der Waals surface area contributed by atoms with Crippen molar-refractivity contribution in [2.75, 3.05) is 0 Å². The largest absolute Gasteiger partial charge is 0.388 e. The highest BCUT2D eigenvalue weighted by Crippen LogP contribution is 2.35. The third kappa shape index (κ3) is 2.41. The molecule has 0 radical (unpaired) electrons. The first-order valence-corrected chi connectivity index (χ1v) is 7.16. The van der Waals surface area contributed by atoms with Crippen LogP contribution < -0.4 is 0 Å². The van der Waals surface area contributed by atoms with E-state index in [9.17, 15) is 5.11 Å². The van der Waals surface area contributed by atoms with Crippen LogP contribution >= 0.6 is 0 Å². The van der Waals surface area contributed by atoms with Crippen LogP contribution in [0.25, 0.3) is 6.08 Å². The summed E-state index contributed by atoms with van der Waals surface area (Å²) >= 11 is 0. The van der Waals surface area contributed by atoms with E-state index in [1.807, 2.05) is 6.07 Å². The summed E-state index contributed by atoms with van der Waals surface area (Å²) in [5.74, 6) is 0.159. The maximum absolute atomic E-state index is 10.6. The molecule has 0 saturated heterocycles. The molecule has 2 aromatic rings. The van der Waals surface area contributed by atoms with Gasteiger partial charge in [-0.25, -0.2) is 0 Å². The van der Waals surface area contributed by atoms with Crippen molar-refractivity contribution in [1.82, 2.24) is 0 Å². The molecule has 0 amide bonds. The van der Waals surface area contributed by atoms with Gasteiger partial charge in [-0.05, 0) is 48.1 Å². The van der Waals surface area contributed by atoms with Gasteiger partial charge in [0, 0.05) is 5.92 Å². The normalized spacial score (nSPS) is 20.8. The molecule has 102 valence electrons. The van der Waals surface area contributed by atoms with E-state index in [-0.39, 0.29) is 5.92 Å². The topological polar surface area (TPSA) is 20.2 Å². The van der Waals surface area contributed by atoms with Gasteiger partial charge in [0.1, 0.15) is 0 Å². The monoisotopic (exact) mass is 264 g/mol. The molecule has 1 aliphatic rings. The molecule has 0 bridgehead atoms. The van der Waals surface area contributed by atoms with Crippen molar-refractivity contribution >= 4 is 6.08 Å². The number of hydrogen-bond donors (Lipinski definition) is 1. The van der Waals surface area contributed by atoms with Crippen LogP contribution in [0, 0.1) is 19.8 Å². The van der Waals surface area contributed by atoms with Gasteiger partial charge >= 0.3 is 0 Å². The maximum Gasteiger partial charge on any atom is 0.0861 e. The van der Waals surface area contributed by atoms with Crippen molar-refractivity contribution in [2.45, 2.75) is 26.4 Å². The van der Waals surface area contributed by atoms with Crippen molar-refractivity contribution in [2.24, 2.45) is 5.92 Å². The first-order valence-electron chi connectivity index (χ1n) is 7.16. The summed E-state index contributed by atoms with van der Waals surface area (Å²) in [7, 11) is 0. The summed E-state index contributed by atoms with van der Waals surface area (Å²) in [6.07, 6.45) is 4.77. The van der Waals surface area contributed by atoms with Gasteiger partial charge in [0.2, 0.25) is 0 Å². The Kier molecular flexibility index (Phi) is 3.45. The van der Waals surface area contributed by atoms with E-state index in [1.165, 1.54) is 16.7 Å². The number of benzene rings is 2. The molecular formula is C19H20O. The Morgan fingerprint density at radius 1 is 1.00 bits per heavy atom. The van der Waals surface area contributed by atoms with Gasteiger partial charge in [0.15, 0.2) is 0 Å². The van der Waals surface area contributed by atoms with Crippen LogP contribution in [-0.4, -0.2) is 5.11 Å². The zero-order valence-electron chi connectivity index (χ0n) is 12.0. The molecule has 1 nitrogen and oxygen atoms in total. The minimum Gasteiger partial charge on any atom is -0.388 e. The number of aliphatic hydroxyl groups is 1. The number of rotatable bonds is 2. The summed E-state index contributed by atoms with van der Waals surface area (Å²) in [6.45, 7) is 4.22. The number of hydrogen-bond acceptors (Lipinski definition) is 1. The van der Waals surface area contributed by atoms with Gasteiger partial charge in [0.05, 0.1) is 6.10 Å². The summed E-state index contributed by atoms with van der Waals surface area (Å²) < 4.78 is 0. The predicted octanol–water partition coefficient (Wildman–Crippen LogP) is 4.22. The van der Waals surface area contributed by atoms with Crippen molar-refractivity contribution in [3.8, 4) is 0 Å². The Balaban J connectivity index is 1.89. The molecule has 1 N–H and O–H groups in total. The Bertz CT molecular complexity index is 640. The van der Waals surface area contributed by atoms with Crippen molar-refractivity contribution < 1.29 is 5.11 Å². The van der Waals surface area contributed by atoms with Crippen LogP contribution in [0.5, 0.6) is 0 Å². The lowest BCUT2D eigenvalue weighted by Gasteiger charge is -2.27. The fraction of sp³-hybridized carbons (Fsp3) is 0.263. The van der Waals surface area contributed by atoms with E-state index in [1.54, 1.807) is 0 Å². The van der Waals surface area contributed by atoms with Crippen molar-refractivity contribution in [3.63, 3.8) is 0 Å². The average molecular weight is 264 g/mol. The standard InChI is InChI=1S/C19H20O/c1-13-10-16-8-9-17(12-15-6-4-3-5-7-15)19(20)18(16)11-14(13)2/h3-11,17,19-20H,12H2,1-2H3/t17-,19+/m1/s1. The third-order valence-corrected chi connectivity index (χ3v) is 4.26. The van der Waals surface area contributed by atoms with Gasteiger partial charge in [-0.2, -0.15) is 0 Å². The Labute approximate surface area is 120 Å². The molecule has 1 aliphatic carbocycles. The molecule has 1 heteroatoms. The molecule has 2 atom stereocenters. The summed E-state index contributed by atoms with van der Waals surface area (Å²) in [5.41, 5.74) is 6.02. The van der Waals surface area contributed by atoms with Crippen LogP contribution in [0.1, 0.15) is 33.9 Å². The number of aryl methyl sites for hydroxylation is 2. The quantitative estimate of drug-likeness (QED) is 0.861. The molecule has 0 fully saturated rings. The lowest BCUT2D eigenvalue weighted by Crippen LogP contribution is -2.17. The molecule has 0 spiro atoms. The second-order valence-corrected chi connectivity index (χ2v) is 5.72. The molecule has 0 heterocycles. The van der Waals surface area contributed by atoms with Crippen molar-refractivity contribution in [1.29, 1.82) is 0 Å². The number of fused-ring (bicyclic) bond motifs is 1. The summed E-state index contributed by atoms with van der Waals surface area (Å²) in [6, 6.07) is 14.7. The number of aliphatic hydroxyl groups excluding tert-OH is 1. The van der Waals surface area contributed by atoms with E-state index in [4.69, 9.17) is 0 Å². The average Bonchev–Trinajstić information content (AvgIpc) is 2.46. The van der Waals surface area contributed by atoms with Crippen molar-refractivity contribution in [3.05, 3.63) is 76.4 Å². The van der Waals surface area contributed by atoms with Crippen LogP contribution in [-0.2, 0) is 6.42 Å². The van der Waals surface area contributed by atoms with Crippen LogP contribution in [0.15, 0.2) is 48.5 Å². The molecule has 20 heavy (non-hydrogen) atoms. The highest BCUT2D eigenvalue weighted by atomic mass is 16.3. The summed E-state index contributed by atoms with van der Waals surface area (Å²) in [5, 5.41) is 10.6. The first kappa shape index (κ1) is 13.1. The molecule has 0 unspecified atom stereocenters. The van der Waals surface area contributed by atoms with Crippen LogP contribution in [0.3, 0.4) is 0 Å². The SMILES string of the molecule is Cc1cc2c(cc1C)[C@@H](O)[C@@H](Cc1ccccc1)C=C2. The Morgan fingerprint density at radius 2 is 1.70 bits per heavy atom. The van der Waals surface area contributed by atoms with E-state index in [0.717, 1.165) is 17.5 Å². The fourth-order valence-electron chi connectivity index (χ4n) is 2.89. The van der Waals surface area contributed by atoms with Gasteiger partial charge in [-0.1, -0.05) is 54.6 Å². The van der Waals surface area contributed by atoms with E-state index >= 15 is 0 Å². The van der Waals surface area contributed by atoms with Gasteiger partial charge in [-0.3, -0.25) is 0 Å². The van der Waals surface area contributed by atoms with Crippen LogP contribution in [0.4, 0.5) is 0 Å². The molecule has 0 aliphatic heterocycles. The second kappa shape index (κ2) is 5.26. The minimum absolute atomic E-state index is 0.159. The van der Waals surface area contributed by atoms with E-state index in [2.05, 4.69) is 62.4 Å². The molecular weight excluding hydrogens is 244 g/mol. The van der Waals surface area contributed by atoms with Gasteiger partial charge in [-0.15, -0.1) is 0 Å². The fourth-order valence-corrected chi connectivity index (χ4v) is 2.89. The zero-order chi connectivity index (χ0) is 14.1. The molecule has 0 aromatic heterocycles. The highest BCUT2D eigenvalue weighted by Gasteiger charge is 2.24. The Morgan fingerprint density at radius 3 is 2.45 bits per heavy atom. The maximum atomic E-state index is 10.6. The lowest BCUT2D eigenvalue weighted by molar-refractivity contribution is 0.129. The third-order valence-electron chi connectivity index (χ3n) is 4.26. The molecule has 2 aromatic carbocycles. The zero-order valence-corrected chi connectivity index (χ0v) is 12.0. The lowest BCUT2D eigenvalue weighted by atomic mass is 9.82. The predicted molar refractivity (Wildman–Crippen MR) is 83.5 cm³/mol. The smallest absolute Gasteiger partial charge is 0.0861 e.